The Morgan fingerprint density at radius 2 is 2.38 bits per heavy atom. The van der Waals surface area contributed by atoms with E-state index in [9.17, 15) is 0 Å². The molecule has 2 aromatic heterocycles. The summed E-state index contributed by atoms with van der Waals surface area (Å²) in [5.41, 5.74) is -0.215. The van der Waals surface area contributed by atoms with Crippen molar-refractivity contribution in [1.82, 2.24) is 29.2 Å². The van der Waals surface area contributed by atoms with Crippen LogP contribution < -0.4 is 0 Å². The van der Waals surface area contributed by atoms with Gasteiger partial charge < -0.3 is 14.0 Å². The average molecular weight is 332 g/mol. The Bertz CT molecular complexity index is 657. The second kappa shape index (κ2) is 6.62. The van der Waals surface area contributed by atoms with Gasteiger partial charge in [-0.3, -0.25) is 9.58 Å². The molecule has 4 heterocycles. The van der Waals surface area contributed by atoms with Crippen LogP contribution in [0.3, 0.4) is 0 Å². The standard InChI is InChI=1S/C16H24N6O2/c1-20-5-4-18-15(20)9-21-6-7-23-11-16(10-21)3-2-14(24-16)8-22-13-17-12-19-22/h4-5,12-14H,2-3,6-11H2,1H3/t14-,16-/m0/s1. The van der Waals surface area contributed by atoms with Crippen LogP contribution in [0.5, 0.6) is 0 Å². The first-order valence-electron chi connectivity index (χ1n) is 8.49. The van der Waals surface area contributed by atoms with Crippen molar-refractivity contribution < 1.29 is 9.47 Å². The summed E-state index contributed by atoms with van der Waals surface area (Å²) < 4.78 is 16.2. The van der Waals surface area contributed by atoms with E-state index in [1.165, 1.54) is 0 Å². The highest BCUT2D eigenvalue weighted by molar-refractivity contribution is 4.96. The molecular formula is C16H24N6O2. The molecule has 2 saturated heterocycles. The van der Waals surface area contributed by atoms with E-state index in [-0.39, 0.29) is 11.7 Å². The zero-order valence-corrected chi connectivity index (χ0v) is 14.0. The third-order valence-corrected chi connectivity index (χ3v) is 4.91. The predicted molar refractivity (Wildman–Crippen MR) is 86.2 cm³/mol. The van der Waals surface area contributed by atoms with Crippen LogP contribution in [0.4, 0.5) is 0 Å². The average Bonchev–Trinajstić information content (AvgIpc) is 3.26. The normalized spacial score (nSPS) is 28.5. The lowest BCUT2D eigenvalue weighted by atomic mass is 10.00. The molecule has 2 aromatic rings. The summed E-state index contributed by atoms with van der Waals surface area (Å²) in [5.74, 6) is 1.07. The van der Waals surface area contributed by atoms with E-state index in [0.29, 0.717) is 6.61 Å². The van der Waals surface area contributed by atoms with E-state index >= 15 is 0 Å². The fourth-order valence-corrected chi connectivity index (χ4v) is 3.65. The van der Waals surface area contributed by atoms with Crippen molar-refractivity contribution in [2.75, 3.05) is 26.3 Å². The highest BCUT2D eigenvalue weighted by Crippen LogP contribution is 2.33. The number of nitrogens with zero attached hydrogens (tertiary/aromatic N) is 6. The summed E-state index contributed by atoms with van der Waals surface area (Å²) in [6.07, 6.45) is 9.35. The third kappa shape index (κ3) is 3.35. The van der Waals surface area contributed by atoms with Gasteiger partial charge in [0.25, 0.3) is 0 Å². The molecular weight excluding hydrogens is 308 g/mol. The van der Waals surface area contributed by atoms with Crippen molar-refractivity contribution >= 4 is 0 Å². The van der Waals surface area contributed by atoms with Gasteiger partial charge >= 0.3 is 0 Å². The lowest BCUT2D eigenvalue weighted by molar-refractivity contribution is -0.0906. The maximum absolute atomic E-state index is 6.44. The molecule has 24 heavy (non-hydrogen) atoms. The van der Waals surface area contributed by atoms with Crippen molar-refractivity contribution in [1.29, 1.82) is 0 Å². The van der Waals surface area contributed by atoms with Crippen molar-refractivity contribution in [2.24, 2.45) is 7.05 Å². The number of aryl methyl sites for hydroxylation is 1. The summed E-state index contributed by atoms with van der Waals surface area (Å²) in [5, 5.41) is 4.18. The minimum Gasteiger partial charge on any atom is -0.377 e. The Hall–Kier alpha value is -1.77. The highest BCUT2D eigenvalue weighted by Gasteiger charge is 2.43. The van der Waals surface area contributed by atoms with E-state index in [0.717, 1.165) is 51.5 Å². The number of hydrogen-bond acceptors (Lipinski definition) is 6. The molecule has 1 spiro atoms. The molecule has 4 rings (SSSR count). The second-order valence-corrected chi connectivity index (χ2v) is 6.80. The van der Waals surface area contributed by atoms with Gasteiger partial charge in [0.15, 0.2) is 0 Å². The number of hydrogen-bond donors (Lipinski definition) is 0. The van der Waals surface area contributed by atoms with Gasteiger partial charge in [0, 0.05) is 32.5 Å². The molecule has 0 aliphatic carbocycles. The van der Waals surface area contributed by atoms with Gasteiger partial charge in [-0.25, -0.2) is 9.97 Å². The lowest BCUT2D eigenvalue weighted by Gasteiger charge is -2.31. The lowest BCUT2D eigenvalue weighted by Crippen LogP contribution is -2.44. The van der Waals surface area contributed by atoms with Gasteiger partial charge in [-0.2, -0.15) is 5.10 Å². The van der Waals surface area contributed by atoms with Crippen LogP contribution >= 0.6 is 0 Å². The largest absolute Gasteiger partial charge is 0.377 e. The smallest absolute Gasteiger partial charge is 0.137 e. The third-order valence-electron chi connectivity index (χ3n) is 4.91. The molecule has 0 unspecified atom stereocenters. The minimum absolute atomic E-state index is 0.170. The zero-order chi connectivity index (χ0) is 16.4. The van der Waals surface area contributed by atoms with Crippen molar-refractivity contribution in [3.8, 4) is 0 Å². The molecule has 2 fully saturated rings. The number of imidazole rings is 1. The Morgan fingerprint density at radius 3 is 3.17 bits per heavy atom. The first kappa shape index (κ1) is 15.7. The fourth-order valence-electron chi connectivity index (χ4n) is 3.65. The molecule has 130 valence electrons. The molecule has 2 aliphatic rings. The first-order chi connectivity index (χ1) is 11.7. The van der Waals surface area contributed by atoms with E-state index < -0.39 is 0 Å². The maximum Gasteiger partial charge on any atom is 0.137 e. The molecule has 0 saturated carbocycles. The van der Waals surface area contributed by atoms with Crippen LogP contribution in [0.15, 0.2) is 25.0 Å². The van der Waals surface area contributed by atoms with E-state index in [1.54, 1.807) is 12.7 Å². The molecule has 2 aliphatic heterocycles. The van der Waals surface area contributed by atoms with Gasteiger partial charge in [0.1, 0.15) is 24.1 Å². The SMILES string of the molecule is Cn1ccnc1CN1CCOC[C@]2(CC[C@@H](Cn3cncn3)O2)C1. The van der Waals surface area contributed by atoms with Crippen LogP contribution in [0.25, 0.3) is 0 Å². The van der Waals surface area contributed by atoms with E-state index in [2.05, 4.69) is 24.5 Å². The molecule has 8 heteroatoms. The Balaban J connectivity index is 1.41. The Kier molecular flexibility index (Phi) is 4.34. The van der Waals surface area contributed by atoms with Gasteiger partial charge in [-0.15, -0.1) is 0 Å². The van der Waals surface area contributed by atoms with Gasteiger partial charge in [0.05, 0.1) is 32.4 Å². The van der Waals surface area contributed by atoms with Crippen LogP contribution in [0, 0.1) is 0 Å². The van der Waals surface area contributed by atoms with Gasteiger partial charge in [0.2, 0.25) is 0 Å². The monoisotopic (exact) mass is 332 g/mol. The van der Waals surface area contributed by atoms with Crippen molar-refractivity contribution in [3.05, 3.63) is 30.9 Å². The van der Waals surface area contributed by atoms with Crippen LogP contribution in [0.2, 0.25) is 0 Å². The summed E-state index contributed by atoms with van der Waals surface area (Å²) in [6, 6.07) is 0. The Morgan fingerprint density at radius 1 is 1.42 bits per heavy atom. The topological polar surface area (TPSA) is 70.2 Å². The summed E-state index contributed by atoms with van der Waals surface area (Å²) >= 11 is 0. The molecule has 0 N–H and O–H groups in total. The molecule has 0 amide bonds. The number of ether oxygens (including phenoxy) is 2. The van der Waals surface area contributed by atoms with Crippen LogP contribution in [-0.4, -0.2) is 67.2 Å². The molecule has 0 radical (unpaired) electrons. The highest BCUT2D eigenvalue weighted by atomic mass is 16.6. The van der Waals surface area contributed by atoms with E-state index in [1.807, 2.05) is 24.1 Å². The number of aromatic nitrogens is 5. The van der Waals surface area contributed by atoms with Crippen LogP contribution in [-0.2, 0) is 29.6 Å². The number of rotatable bonds is 4. The minimum atomic E-state index is -0.215. The molecule has 8 nitrogen and oxygen atoms in total. The zero-order valence-electron chi connectivity index (χ0n) is 14.0. The summed E-state index contributed by atoms with van der Waals surface area (Å²) in [6.45, 7) is 4.77. The summed E-state index contributed by atoms with van der Waals surface area (Å²) in [7, 11) is 2.03. The van der Waals surface area contributed by atoms with Crippen molar-refractivity contribution in [2.45, 2.75) is 37.6 Å². The predicted octanol–water partition coefficient (Wildman–Crippen LogP) is 0.462. The second-order valence-electron chi connectivity index (χ2n) is 6.80. The molecule has 0 aromatic carbocycles. The summed E-state index contributed by atoms with van der Waals surface area (Å²) in [4.78, 5) is 10.8. The molecule has 2 atom stereocenters. The van der Waals surface area contributed by atoms with Crippen LogP contribution in [0.1, 0.15) is 18.7 Å². The maximum atomic E-state index is 6.44. The quantitative estimate of drug-likeness (QED) is 0.810. The fraction of sp³-hybridized carbons (Fsp3) is 0.688. The van der Waals surface area contributed by atoms with Crippen molar-refractivity contribution in [3.63, 3.8) is 0 Å². The first-order valence-corrected chi connectivity index (χ1v) is 8.49. The van der Waals surface area contributed by atoms with Gasteiger partial charge in [-0.1, -0.05) is 0 Å². The Labute approximate surface area is 141 Å². The van der Waals surface area contributed by atoms with Gasteiger partial charge in [-0.05, 0) is 12.8 Å². The molecule has 0 bridgehead atoms. The van der Waals surface area contributed by atoms with E-state index in [4.69, 9.17) is 9.47 Å².